The fraction of sp³-hybridized carbons (Fsp3) is 0.250. The van der Waals surface area contributed by atoms with Crippen molar-refractivity contribution in [3.05, 3.63) is 38.9 Å². The Morgan fingerprint density at radius 3 is 2.68 bits per heavy atom. The fourth-order valence-corrected chi connectivity index (χ4v) is 2.09. The summed E-state index contributed by atoms with van der Waals surface area (Å²) in [7, 11) is 0. The van der Waals surface area contributed by atoms with E-state index in [4.69, 9.17) is 5.26 Å². The molecule has 0 fully saturated rings. The molecule has 0 saturated heterocycles. The van der Waals surface area contributed by atoms with Crippen molar-refractivity contribution in [3.8, 4) is 6.07 Å². The summed E-state index contributed by atoms with van der Waals surface area (Å²) >= 11 is 0. The van der Waals surface area contributed by atoms with Crippen LogP contribution in [-0.4, -0.2) is 16.7 Å². The molecule has 0 unspecified atom stereocenters. The molecule has 1 aromatic rings. The maximum atomic E-state index is 11.7. The Morgan fingerprint density at radius 2 is 2.05 bits per heavy atom. The smallest absolute Gasteiger partial charge is 0.273 e. The Balaban J connectivity index is 2.53. The van der Waals surface area contributed by atoms with Crippen LogP contribution >= 0.6 is 0 Å². The van der Waals surface area contributed by atoms with Gasteiger partial charge in [0.05, 0.1) is 22.1 Å². The lowest BCUT2D eigenvalue weighted by Gasteiger charge is -2.05. The highest BCUT2D eigenvalue weighted by Crippen LogP contribution is 2.29. The number of rotatable bonds is 4. The van der Waals surface area contributed by atoms with E-state index in [-0.39, 0.29) is 35.2 Å². The summed E-state index contributed by atoms with van der Waals surface area (Å²) in [6, 6.07) is 4.44. The number of hydrogen-bond acceptors (Lipinski definition) is 5. The van der Waals surface area contributed by atoms with E-state index in [1.807, 2.05) is 6.07 Å². The number of carbonyl (C=O) groups excluding carboxylic acids is 2. The zero-order valence-electron chi connectivity index (χ0n) is 9.80. The average Bonchev–Trinajstić information content (AvgIpc) is 2.65. The van der Waals surface area contributed by atoms with Crippen molar-refractivity contribution in [2.24, 2.45) is 0 Å². The zero-order chi connectivity index (χ0) is 14.0. The maximum Gasteiger partial charge on any atom is 0.273 e. The lowest BCUT2D eigenvalue weighted by atomic mass is 9.96. The lowest BCUT2D eigenvalue weighted by molar-refractivity contribution is -0.385. The van der Waals surface area contributed by atoms with Crippen LogP contribution in [0.1, 0.15) is 39.1 Å². The van der Waals surface area contributed by atoms with Gasteiger partial charge in [0, 0.05) is 18.1 Å². The quantitative estimate of drug-likeness (QED) is 0.379. The van der Waals surface area contributed by atoms with Crippen LogP contribution in [-0.2, 0) is 6.42 Å². The fourth-order valence-electron chi connectivity index (χ4n) is 2.09. The third-order valence-electron chi connectivity index (χ3n) is 2.90. The second-order valence-electron chi connectivity index (χ2n) is 4.04. The van der Waals surface area contributed by atoms with Crippen molar-refractivity contribution in [2.45, 2.75) is 19.3 Å². The van der Waals surface area contributed by atoms with E-state index in [2.05, 4.69) is 5.32 Å². The van der Waals surface area contributed by atoms with Crippen LogP contribution in [0.3, 0.4) is 0 Å². The summed E-state index contributed by atoms with van der Waals surface area (Å²) in [5.74, 6) is -1.16. The molecule has 0 radical (unpaired) electrons. The molecule has 0 bridgehead atoms. The highest BCUT2D eigenvalue weighted by Gasteiger charge is 2.33. The van der Waals surface area contributed by atoms with E-state index in [9.17, 15) is 19.7 Å². The largest absolute Gasteiger partial charge is 0.288 e. The zero-order valence-corrected chi connectivity index (χ0v) is 9.80. The molecule has 2 rings (SSSR count). The van der Waals surface area contributed by atoms with Crippen LogP contribution in [0.2, 0.25) is 0 Å². The summed E-state index contributed by atoms with van der Waals surface area (Å²) in [6.45, 7) is 0. The molecule has 1 heterocycles. The van der Waals surface area contributed by atoms with Gasteiger partial charge in [-0.25, -0.2) is 0 Å². The third-order valence-corrected chi connectivity index (χ3v) is 2.90. The first-order valence-electron chi connectivity index (χ1n) is 5.59. The van der Waals surface area contributed by atoms with Gasteiger partial charge in [-0.15, -0.1) is 0 Å². The van der Waals surface area contributed by atoms with Crippen molar-refractivity contribution < 1.29 is 14.5 Å². The first kappa shape index (κ1) is 12.7. The minimum Gasteiger partial charge on any atom is -0.288 e. The summed E-state index contributed by atoms with van der Waals surface area (Å²) in [6.07, 6.45) is 0.847. The Bertz CT molecular complexity index is 631. The van der Waals surface area contributed by atoms with E-state index < -0.39 is 16.7 Å². The molecule has 19 heavy (non-hydrogen) atoms. The number of fused-ring (bicyclic) bond motifs is 1. The van der Waals surface area contributed by atoms with Crippen LogP contribution in [0.4, 0.5) is 5.69 Å². The van der Waals surface area contributed by atoms with Gasteiger partial charge in [-0.3, -0.25) is 25.0 Å². The molecule has 1 aliphatic rings. The number of nitro groups is 1. The molecule has 2 amide bonds. The van der Waals surface area contributed by atoms with E-state index in [0.29, 0.717) is 6.42 Å². The Morgan fingerprint density at radius 1 is 1.32 bits per heavy atom. The van der Waals surface area contributed by atoms with E-state index >= 15 is 0 Å². The predicted molar refractivity (Wildman–Crippen MR) is 63.4 cm³/mol. The molecule has 0 atom stereocenters. The van der Waals surface area contributed by atoms with E-state index in [1.165, 1.54) is 12.1 Å². The highest BCUT2D eigenvalue weighted by molar-refractivity contribution is 6.22. The van der Waals surface area contributed by atoms with Crippen LogP contribution in [0.25, 0.3) is 0 Å². The van der Waals surface area contributed by atoms with Crippen molar-refractivity contribution in [2.75, 3.05) is 0 Å². The number of hydrogen-bond donors (Lipinski definition) is 1. The molecule has 7 heteroatoms. The number of nitro benzene ring substituents is 1. The van der Waals surface area contributed by atoms with Gasteiger partial charge in [-0.05, 0) is 18.9 Å². The second-order valence-corrected chi connectivity index (χ2v) is 4.04. The monoisotopic (exact) mass is 259 g/mol. The minimum absolute atomic E-state index is 0.0668. The molecule has 1 aliphatic heterocycles. The van der Waals surface area contributed by atoms with Crippen LogP contribution in [0.5, 0.6) is 0 Å². The van der Waals surface area contributed by atoms with Gasteiger partial charge >= 0.3 is 0 Å². The Hall–Kier alpha value is -2.75. The molecular formula is C12H9N3O4. The summed E-state index contributed by atoms with van der Waals surface area (Å²) < 4.78 is 0. The number of nitriles is 1. The summed E-state index contributed by atoms with van der Waals surface area (Å²) in [5.41, 5.74) is 0.252. The van der Waals surface area contributed by atoms with E-state index in [0.717, 1.165) is 0 Å². The van der Waals surface area contributed by atoms with Crippen molar-refractivity contribution in [1.29, 1.82) is 5.26 Å². The van der Waals surface area contributed by atoms with Crippen LogP contribution in [0, 0.1) is 21.4 Å². The minimum atomic E-state index is -0.615. The normalized spacial score (nSPS) is 12.8. The standard InChI is InChI=1S/C12H9N3O4/c13-6-2-1-3-7-9(15(18)19)5-4-8-10(7)12(17)14-11(8)16/h4-5H,1-3H2,(H,14,16,17). The topological polar surface area (TPSA) is 113 Å². The summed E-state index contributed by atoms with van der Waals surface area (Å²) in [5, 5.41) is 21.6. The lowest BCUT2D eigenvalue weighted by Crippen LogP contribution is -2.20. The first-order chi connectivity index (χ1) is 9.06. The average molecular weight is 259 g/mol. The third kappa shape index (κ3) is 2.15. The predicted octanol–water partition coefficient (Wildman–Crippen LogP) is 1.32. The van der Waals surface area contributed by atoms with Gasteiger partial charge < -0.3 is 0 Å². The number of nitrogens with one attached hydrogen (secondary N) is 1. The molecule has 1 N–H and O–H groups in total. The van der Waals surface area contributed by atoms with Gasteiger partial charge in [0.2, 0.25) is 0 Å². The van der Waals surface area contributed by atoms with Gasteiger partial charge in [-0.2, -0.15) is 5.26 Å². The van der Waals surface area contributed by atoms with Crippen molar-refractivity contribution in [3.63, 3.8) is 0 Å². The molecule has 0 aliphatic carbocycles. The molecule has 0 spiro atoms. The van der Waals surface area contributed by atoms with Crippen molar-refractivity contribution in [1.82, 2.24) is 5.32 Å². The number of carbonyl (C=O) groups is 2. The maximum absolute atomic E-state index is 11.7. The molecule has 7 nitrogen and oxygen atoms in total. The van der Waals surface area contributed by atoms with Gasteiger partial charge in [0.25, 0.3) is 17.5 Å². The van der Waals surface area contributed by atoms with Gasteiger partial charge in [0.15, 0.2) is 0 Å². The van der Waals surface area contributed by atoms with Gasteiger partial charge in [0.1, 0.15) is 0 Å². The SMILES string of the molecule is N#CCCCc1c([N+](=O)[O-])ccc2c1C(=O)NC2=O. The Labute approximate surface area is 108 Å². The molecule has 1 aromatic carbocycles. The molecule has 0 saturated carbocycles. The molecule has 0 aromatic heterocycles. The van der Waals surface area contributed by atoms with Crippen LogP contribution in [0.15, 0.2) is 12.1 Å². The van der Waals surface area contributed by atoms with Crippen LogP contribution < -0.4 is 5.32 Å². The van der Waals surface area contributed by atoms with Crippen molar-refractivity contribution >= 4 is 17.5 Å². The number of benzene rings is 1. The van der Waals surface area contributed by atoms with Gasteiger partial charge in [-0.1, -0.05) is 0 Å². The number of imide groups is 1. The molecule has 96 valence electrons. The highest BCUT2D eigenvalue weighted by atomic mass is 16.6. The molecular weight excluding hydrogens is 250 g/mol. The second kappa shape index (κ2) is 4.86. The number of nitrogens with zero attached hydrogens (tertiary/aromatic N) is 2. The first-order valence-corrected chi connectivity index (χ1v) is 5.59. The summed E-state index contributed by atoms with van der Waals surface area (Å²) in [4.78, 5) is 33.6. The Kier molecular flexibility index (Phi) is 3.25. The number of amides is 2. The van der Waals surface area contributed by atoms with E-state index in [1.54, 1.807) is 0 Å². The number of unbranched alkanes of at least 4 members (excludes halogenated alkanes) is 1.